The maximum atomic E-state index is 13.0. The van der Waals surface area contributed by atoms with Crippen molar-refractivity contribution in [1.82, 2.24) is 14.9 Å². The summed E-state index contributed by atoms with van der Waals surface area (Å²) in [5.74, 6) is 2.16. The summed E-state index contributed by atoms with van der Waals surface area (Å²) in [5.41, 5.74) is 1.16. The average molecular weight is 473 g/mol. The number of carbonyl (C=O) groups excluding carboxylic acids is 1. The molecule has 3 aromatic carbocycles. The Bertz CT molecular complexity index is 1610. The smallest absolute Gasteiger partial charge is 0.329 e. The van der Waals surface area contributed by atoms with E-state index in [0.29, 0.717) is 33.9 Å². The Kier molecular flexibility index (Phi) is 4.91. The SMILES string of the molecule is O=C(NCc1ccc2c(c1)OCO2)c1ccc2c(=O)n(Cc3ccc4c(c3)OCO4)c(=O)[nH]c2c1. The standard InChI is InChI=1S/C25H19N3O7/c29-23(26-10-14-1-5-19-21(7-14)34-12-32-19)16-3-4-17-18(9-16)27-25(31)28(24(17)30)11-15-2-6-20-22(8-15)35-13-33-20/h1-9H,10-13H2,(H,26,29)(H,27,31). The molecule has 0 unspecified atom stereocenters. The number of hydrogen-bond acceptors (Lipinski definition) is 7. The molecular weight excluding hydrogens is 454 g/mol. The number of hydrogen-bond donors (Lipinski definition) is 2. The number of ether oxygens (including phenoxy) is 4. The van der Waals surface area contributed by atoms with Crippen molar-refractivity contribution in [2.75, 3.05) is 13.6 Å². The first-order valence-corrected chi connectivity index (χ1v) is 10.9. The van der Waals surface area contributed by atoms with Gasteiger partial charge in [0, 0.05) is 12.1 Å². The fraction of sp³-hybridized carbons (Fsp3) is 0.160. The van der Waals surface area contributed by atoms with Gasteiger partial charge in [0.15, 0.2) is 23.0 Å². The molecule has 35 heavy (non-hydrogen) atoms. The van der Waals surface area contributed by atoms with Crippen molar-refractivity contribution >= 4 is 16.8 Å². The third-order valence-electron chi connectivity index (χ3n) is 5.91. The van der Waals surface area contributed by atoms with Gasteiger partial charge in [-0.1, -0.05) is 12.1 Å². The van der Waals surface area contributed by atoms with Crippen molar-refractivity contribution in [2.45, 2.75) is 13.1 Å². The number of carbonyl (C=O) groups is 1. The molecule has 0 aliphatic carbocycles. The van der Waals surface area contributed by atoms with Crippen LogP contribution in [0.5, 0.6) is 23.0 Å². The quantitative estimate of drug-likeness (QED) is 0.456. The van der Waals surface area contributed by atoms with E-state index in [1.54, 1.807) is 36.4 Å². The second-order valence-corrected chi connectivity index (χ2v) is 8.14. The Morgan fingerprint density at radius 1 is 0.829 bits per heavy atom. The van der Waals surface area contributed by atoms with Gasteiger partial charge in [0.2, 0.25) is 13.6 Å². The summed E-state index contributed by atoms with van der Waals surface area (Å²) in [6.07, 6.45) is 0. The summed E-state index contributed by atoms with van der Waals surface area (Å²) < 4.78 is 22.4. The van der Waals surface area contributed by atoms with Crippen LogP contribution in [0.25, 0.3) is 10.9 Å². The molecule has 6 rings (SSSR count). The van der Waals surface area contributed by atoms with Crippen molar-refractivity contribution in [1.29, 1.82) is 0 Å². The molecule has 3 heterocycles. The van der Waals surface area contributed by atoms with Crippen LogP contribution in [-0.2, 0) is 13.1 Å². The highest BCUT2D eigenvalue weighted by molar-refractivity contribution is 5.97. The molecule has 1 aromatic heterocycles. The van der Waals surface area contributed by atoms with E-state index in [0.717, 1.165) is 15.7 Å². The summed E-state index contributed by atoms with van der Waals surface area (Å²) in [7, 11) is 0. The molecule has 2 aliphatic heterocycles. The first kappa shape index (κ1) is 20.8. The lowest BCUT2D eigenvalue weighted by atomic mass is 10.1. The van der Waals surface area contributed by atoms with E-state index in [1.165, 1.54) is 6.07 Å². The molecule has 0 atom stereocenters. The summed E-state index contributed by atoms with van der Waals surface area (Å²) >= 11 is 0. The average Bonchev–Trinajstić information content (AvgIpc) is 3.53. The van der Waals surface area contributed by atoms with Gasteiger partial charge in [0.05, 0.1) is 17.4 Å². The number of benzene rings is 3. The van der Waals surface area contributed by atoms with Crippen LogP contribution < -0.4 is 35.5 Å². The Labute approximate surface area is 197 Å². The van der Waals surface area contributed by atoms with Gasteiger partial charge >= 0.3 is 5.69 Å². The van der Waals surface area contributed by atoms with Crippen molar-refractivity contribution in [2.24, 2.45) is 0 Å². The maximum absolute atomic E-state index is 13.0. The number of fused-ring (bicyclic) bond motifs is 3. The summed E-state index contributed by atoms with van der Waals surface area (Å²) in [6, 6.07) is 15.3. The van der Waals surface area contributed by atoms with Crippen molar-refractivity contribution in [3.63, 3.8) is 0 Å². The fourth-order valence-corrected chi connectivity index (χ4v) is 4.10. The summed E-state index contributed by atoms with van der Waals surface area (Å²) in [6.45, 7) is 0.667. The molecule has 0 saturated heterocycles. The minimum atomic E-state index is -0.571. The van der Waals surface area contributed by atoms with Crippen LogP contribution in [0, 0.1) is 0 Å². The Morgan fingerprint density at radius 3 is 2.23 bits per heavy atom. The lowest BCUT2D eigenvalue weighted by Crippen LogP contribution is -2.35. The van der Waals surface area contributed by atoms with Crippen LogP contribution in [0.4, 0.5) is 0 Å². The highest BCUT2D eigenvalue weighted by Crippen LogP contribution is 2.33. The molecule has 0 fully saturated rings. The maximum Gasteiger partial charge on any atom is 0.329 e. The van der Waals surface area contributed by atoms with E-state index in [2.05, 4.69) is 10.3 Å². The van der Waals surface area contributed by atoms with Gasteiger partial charge in [-0.05, 0) is 53.6 Å². The molecule has 0 spiro atoms. The van der Waals surface area contributed by atoms with Crippen LogP contribution >= 0.6 is 0 Å². The van der Waals surface area contributed by atoms with Crippen LogP contribution in [0.3, 0.4) is 0 Å². The van der Waals surface area contributed by atoms with Crippen molar-refractivity contribution in [3.05, 3.63) is 92.1 Å². The van der Waals surface area contributed by atoms with Gasteiger partial charge in [-0.3, -0.25) is 14.2 Å². The number of amides is 1. The molecule has 0 radical (unpaired) electrons. The van der Waals surface area contributed by atoms with Crippen molar-refractivity contribution in [3.8, 4) is 23.0 Å². The van der Waals surface area contributed by atoms with Gasteiger partial charge in [-0.15, -0.1) is 0 Å². The number of nitrogens with one attached hydrogen (secondary N) is 2. The van der Waals surface area contributed by atoms with E-state index in [-0.39, 0.29) is 38.1 Å². The van der Waals surface area contributed by atoms with E-state index in [1.807, 2.05) is 12.1 Å². The number of aromatic nitrogens is 2. The van der Waals surface area contributed by atoms with Crippen LogP contribution in [0.2, 0.25) is 0 Å². The predicted octanol–water partition coefficient (Wildman–Crippen LogP) is 2.13. The Morgan fingerprint density at radius 2 is 1.49 bits per heavy atom. The Balaban J connectivity index is 1.22. The topological polar surface area (TPSA) is 121 Å². The van der Waals surface area contributed by atoms with E-state index >= 15 is 0 Å². The molecule has 176 valence electrons. The molecule has 10 nitrogen and oxygen atoms in total. The molecule has 0 saturated carbocycles. The zero-order chi connectivity index (χ0) is 23.9. The number of aromatic amines is 1. The number of H-pyrrole nitrogens is 1. The summed E-state index contributed by atoms with van der Waals surface area (Å²) in [4.78, 5) is 41.2. The van der Waals surface area contributed by atoms with E-state index < -0.39 is 11.2 Å². The van der Waals surface area contributed by atoms with Crippen LogP contribution in [0.15, 0.2) is 64.2 Å². The normalized spacial score (nSPS) is 13.3. The number of rotatable bonds is 5. The van der Waals surface area contributed by atoms with Gasteiger partial charge < -0.3 is 29.2 Å². The highest BCUT2D eigenvalue weighted by Gasteiger charge is 2.17. The predicted molar refractivity (Wildman–Crippen MR) is 124 cm³/mol. The van der Waals surface area contributed by atoms with Crippen LogP contribution in [0.1, 0.15) is 21.5 Å². The fourth-order valence-electron chi connectivity index (χ4n) is 4.10. The second kappa shape index (κ2) is 8.24. The van der Waals surface area contributed by atoms with Gasteiger partial charge in [-0.25, -0.2) is 4.79 Å². The van der Waals surface area contributed by atoms with Gasteiger partial charge in [0.25, 0.3) is 11.5 Å². The van der Waals surface area contributed by atoms with Crippen molar-refractivity contribution < 1.29 is 23.7 Å². The molecule has 2 aliphatic rings. The first-order valence-electron chi connectivity index (χ1n) is 10.9. The zero-order valence-electron chi connectivity index (χ0n) is 18.3. The van der Waals surface area contributed by atoms with Gasteiger partial charge in [-0.2, -0.15) is 0 Å². The van der Waals surface area contributed by atoms with E-state index in [4.69, 9.17) is 18.9 Å². The second-order valence-electron chi connectivity index (χ2n) is 8.14. The third kappa shape index (κ3) is 3.84. The molecule has 2 N–H and O–H groups in total. The molecule has 0 bridgehead atoms. The molecular formula is C25H19N3O7. The molecule has 10 heteroatoms. The van der Waals surface area contributed by atoms with Gasteiger partial charge in [0.1, 0.15) is 0 Å². The molecule has 1 amide bonds. The number of nitrogens with zero attached hydrogens (tertiary/aromatic N) is 1. The summed E-state index contributed by atoms with van der Waals surface area (Å²) in [5, 5.41) is 3.14. The Hall–Kier alpha value is -4.73. The minimum absolute atomic E-state index is 0.0680. The first-order chi connectivity index (χ1) is 17.0. The largest absolute Gasteiger partial charge is 0.454 e. The van der Waals surface area contributed by atoms with E-state index in [9.17, 15) is 14.4 Å². The lowest BCUT2D eigenvalue weighted by Gasteiger charge is -2.09. The lowest BCUT2D eigenvalue weighted by molar-refractivity contribution is 0.0951. The third-order valence-corrected chi connectivity index (χ3v) is 5.91. The highest BCUT2D eigenvalue weighted by atomic mass is 16.7. The monoisotopic (exact) mass is 473 g/mol. The minimum Gasteiger partial charge on any atom is -0.454 e. The molecule has 4 aromatic rings. The van der Waals surface area contributed by atoms with Crippen LogP contribution in [-0.4, -0.2) is 29.0 Å². The zero-order valence-corrected chi connectivity index (χ0v) is 18.3.